The Hall–Kier alpha value is -1.29. The number of fused-ring (bicyclic) bond motifs is 1. The minimum atomic E-state index is -1.06. The van der Waals surface area contributed by atoms with Gasteiger partial charge in [-0.1, -0.05) is 15.9 Å². The van der Waals surface area contributed by atoms with Gasteiger partial charge in [-0.2, -0.15) is 0 Å². The molecule has 3 nitrogen and oxygen atoms in total. The number of aromatic nitrogens is 1. The van der Waals surface area contributed by atoms with E-state index in [1.54, 1.807) is 6.20 Å². The second-order valence-electron chi connectivity index (χ2n) is 3.05. The van der Waals surface area contributed by atoms with Gasteiger partial charge in [-0.05, 0) is 23.8 Å². The van der Waals surface area contributed by atoms with Crippen molar-refractivity contribution in [3.05, 3.63) is 34.4 Å². The lowest BCUT2D eigenvalue weighted by Crippen LogP contribution is -2.24. The van der Waals surface area contributed by atoms with Crippen LogP contribution in [0.2, 0.25) is 0 Å². The summed E-state index contributed by atoms with van der Waals surface area (Å²) in [5.74, 6) is -1.06. The molecule has 0 spiro atoms. The molecule has 1 aromatic carbocycles. The molecule has 72 valence electrons. The minimum Gasteiger partial charge on any atom is -0.550 e. The first-order valence-corrected chi connectivity index (χ1v) is 4.91. The summed E-state index contributed by atoms with van der Waals surface area (Å²) in [6.45, 7) is 0. The Balaban J connectivity index is 2.55. The summed E-state index contributed by atoms with van der Waals surface area (Å²) < 4.78 is 0.934. The normalized spacial score (nSPS) is 10.6. The van der Waals surface area contributed by atoms with Crippen LogP contribution in [0.4, 0.5) is 0 Å². The number of halogens is 1. The number of hydrogen-bond donors (Lipinski definition) is 1. The van der Waals surface area contributed by atoms with Crippen LogP contribution in [0.15, 0.2) is 28.9 Å². The zero-order valence-corrected chi connectivity index (χ0v) is 8.80. The van der Waals surface area contributed by atoms with Gasteiger partial charge in [0, 0.05) is 34.0 Å². The zero-order valence-electron chi connectivity index (χ0n) is 7.21. The lowest BCUT2D eigenvalue weighted by molar-refractivity contribution is -0.304. The fourth-order valence-corrected chi connectivity index (χ4v) is 1.81. The molecule has 0 radical (unpaired) electrons. The lowest BCUT2D eigenvalue weighted by atomic mass is 10.1. The Morgan fingerprint density at radius 1 is 1.50 bits per heavy atom. The SMILES string of the molecule is O=C([O-])Cc1c[nH]c2ccc(Br)cc12. The van der Waals surface area contributed by atoms with Crippen LogP contribution in [-0.4, -0.2) is 11.0 Å². The molecule has 1 N–H and O–H groups in total. The van der Waals surface area contributed by atoms with E-state index in [4.69, 9.17) is 0 Å². The first kappa shape index (κ1) is 9.27. The van der Waals surface area contributed by atoms with Crippen LogP contribution < -0.4 is 5.11 Å². The fraction of sp³-hybridized carbons (Fsp3) is 0.100. The van der Waals surface area contributed by atoms with E-state index in [9.17, 15) is 9.90 Å². The summed E-state index contributed by atoms with van der Waals surface area (Å²) in [6, 6.07) is 5.70. The number of carboxylic acids is 1. The predicted molar refractivity (Wildman–Crippen MR) is 54.7 cm³/mol. The molecule has 1 heterocycles. The maximum atomic E-state index is 10.5. The van der Waals surface area contributed by atoms with Gasteiger partial charge < -0.3 is 14.9 Å². The maximum Gasteiger partial charge on any atom is 0.0459 e. The third-order valence-electron chi connectivity index (χ3n) is 2.06. The summed E-state index contributed by atoms with van der Waals surface area (Å²) >= 11 is 3.34. The summed E-state index contributed by atoms with van der Waals surface area (Å²) in [6.07, 6.45) is 1.64. The molecule has 0 atom stereocenters. The lowest BCUT2D eigenvalue weighted by Gasteiger charge is -2.00. The van der Waals surface area contributed by atoms with E-state index >= 15 is 0 Å². The molecule has 2 rings (SSSR count). The number of aliphatic carboxylic acids is 1. The van der Waals surface area contributed by atoms with Gasteiger partial charge >= 0.3 is 0 Å². The molecule has 0 saturated heterocycles. The van der Waals surface area contributed by atoms with Gasteiger partial charge in [0.15, 0.2) is 0 Å². The van der Waals surface area contributed by atoms with Gasteiger partial charge in [0.2, 0.25) is 0 Å². The monoisotopic (exact) mass is 252 g/mol. The van der Waals surface area contributed by atoms with Crippen molar-refractivity contribution in [3.8, 4) is 0 Å². The van der Waals surface area contributed by atoms with Crippen molar-refractivity contribution in [1.82, 2.24) is 4.98 Å². The Bertz CT molecular complexity index is 490. The van der Waals surface area contributed by atoms with Crippen molar-refractivity contribution >= 4 is 32.8 Å². The van der Waals surface area contributed by atoms with Crippen LogP contribution in [-0.2, 0) is 11.2 Å². The van der Waals surface area contributed by atoms with Crippen molar-refractivity contribution in [3.63, 3.8) is 0 Å². The van der Waals surface area contributed by atoms with Crippen LogP contribution in [0.25, 0.3) is 10.9 Å². The van der Waals surface area contributed by atoms with E-state index < -0.39 is 5.97 Å². The number of benzene rings is 1. The first-order valence-electron chi connectivity index (χ1n) is 4.12. The fourth-order valence-electron chi connectivity index (χ4n) is 1.45. The molecule has 4 heteroatoms. The molecule has 0 saturated carbocycles. The molecule has 0 amide bonds. The summed E-state index contributed by atoms with van der Waals surface area (Å²) in [5, 5.41) is 11.4. The summed E-state index contributed by atoms with van der Waals surface area (Å²) in [5.41, 5.74) is 1.69. The second-order valence-corrected chi connectivity index (χ2v) is 3.97. The van der Waals surface area contributed by atoms with Crippen molar-refractivity contribution < 1.29 is 9.90 Å². The Morgan fingerprint density at radius 3 is 3.00 bits per heavy atom. The standard InChI is InChI=1S/C10H8BrNO2/c11-7-1-2-9-8(4-7)6(5-12-9)3-10(13)14/h1-2,4-5,12H,3H2,(H,13,14)/p-1. The second kappa shape index (κ2) is 3.46. The van der Waals surface area contributed by atoms with Crippen molar-refractivity contribution in [1.29, 1.82) is 0 Å². The topological polar surface area (TPSA) is 55.9 Å². The quantitative estimate of drug-likeness (QED) is 0.874. The van der Waals surface area contributed by atoms with Crippen LogP contribution in [0, 0.1) is 0 Å². The number of hydrogen-bond acceptors (Lipinski definition) is 2. The molecule has 0 aliphatic heterocycles. The van der Waals surface area contributed by atoms with E-state index in [2.05, 4.69) is 20.9 Å². The molecule has 0 aliphatic carbocycles. The molecule has 0 unspecified atom stereocenters. The highest BCUT2D eigenvalue weighted by Gasteiger charge is 2.03. The number of carboxylic acid groups (broad SMARTS) is 1. The third-order valence-corrected chi connectivity index (χ3v) is 2.56. The first-order chi connectivity index (χ1) is 6.66. The number of carbonyl (C=O) groups is 1. The molecule has 2 aromatic rings. The highest BCUT2D eigenvalue weighted by molar-refractivity contribution is 9.10. The highest BCUT2D eigenvalue weighted by atomic mass is 79.9. The van der Waals surface area contributed by atoms with Gasteiger partial charge in [0.25, 0.3) is 0 Å². The molecule has 1 aromatic heterocycles. The largest absolute Gasteiger partial charge is 0.550 e. The Labute approximate surface area is 88.9 Å². The zero-order chi connectivity index (χ0) is 10.1. The van der Waals surface area contributed by atoms with E-state index in [1.807, 2.05) is 18.2 Å². The molecular formula is C10H7BrNO2-. The van der Waals surface area contributed by atoms with E-state index in [1.165, 1.54) is 0 Å². The number of rotatable bonds is 2. The van der Waals surface area contributed by atoms with E-state index in [0.717, 1.165) is 20.9 Å². The Kier molecular flexibility index (Phi) is 2.29. The van der Waals surface area contributed by atoms with Crippen LogP contribution >= 0.6 is 15.9 Å². The third kappa shape index (κ3) is 1.65. The van der Waals surface area contributed by atoms with Crippen LogP contribution in [0.1, 0.15) is 5.56 Å². The number of carbonyl (C=O) groups excluding carboxylic acids is 1. The van der Waals surface area contributed by atoms with Crippen molar-refractivity contribution in [2.24, 2.45) is 0 Å². The molecule has 0 bridgehead atoms. The van der Waals surface area contributed by atoms with E-state index in [-0.39, 0.29) is 6.42 Å². The van der Waals surface area contributed by atoms with Gasteiger partial charge in [0.1, 0.15) is 0 Å². The Morgan fingerprint density at radius 2 is 2.29 bits per heavy atom. The number of H-pyrrole nitrogens is 1. The summed E-state index contributed by atoms with van der Waals surface area (Å²) in [4.78, 5) is 13.5. The van der Waals surface area contributed by atoms with Gasteiger partial charge in [-0.25, -0.2) is 0 Å². The average Bonchev–Trinajstić information content (AvgIpc) is 2.47. The molecular weight excluding hydrogens is 246 g/mol. The molecule has 14 heavy (non-hydrogen) atoms. The van der Waals surface area contributed by atoms with Gasteiger partial charge in [-0.3, -0.25) is 0 Å². The number of aromatic amines is 1. The summed E-state index contributed by atoms with van der Waals surface area (Å²) in [7, 11) is 0. The van der Waals surface area contributed by atoms with Crippen LogP contribution in [0.5, 0.6) is 0 Å². The highest BCUT2D eigenvalue weighted by Crippen LogP contribution is 2.22. The molecule has 0 aliphatic rings. The van der Waals surface area contributed by atoms with E-state index in [0.29, 0.717) is 0 Å². The number of nitrogens with one attached hydrogen (secondary N) is 1. The van der Waals surface area contributed by atoms with Crippen LogP contribution in [0.3, 0.4) is 0 Å². The average molecular weight is 253 g/mol. The van der Waals surface area contributed by atoms with Crippen molar-refractivity contribution in [2.45, 2.75) is 6.42 Å². The van der Waals surface area contributed by atoms with Crippen molar-refractivity contribution in [2.75, 3.05) is 0 Å². The van der Waals surface area contributed by atoms with Gasteiger partial charge in [-0.15, -0.1) is 0 Å². The maximum absolute atomic E-state index is 10.5. The molecule has 0 fully saturated rings. The minimum absolute atomic E-state index is 0.0591. The smallest absolute Gasteiger partial charge is 0.0459 e. The predicted octanol–water partition coefficient (Wildman–Crippen LogP) is 1.22. The van der Waals surface area contributed by atoms with Gasteiger partial charge in [0.05, 0.1) is 0 Å².